The lowest BCUT2D eigenvalue weighted by Gasteiger charge is -2.39. The Hall–Kier alpha value is -2.05. The maximum absolute atomic E-state index is 12.3. The van der Waals surface area contributed by atoms with Gasteiger partial charge in [0.25, 0.3) is 5.91 Å². The van der Waals surface area contributed by atoms with Gasteiger partial charge >= 0.3 is 0 Å². The molecule has 116 valence electrons. The topological polar surface area (TPSA) is 114 Å². The predicted octanol–water partition coefficient (Wildman–Crippen LogP) is 1.80. The summed E-state index contributed by atoms with van der Waals surface area (Å²) in [6.07, 6.45) is 5.50. The van der Waals surface area contributed by atoms with Crippen molar-refractivity contribution < 1.29 is 14.4 Å². The van der Waals surface area contributed by atoms with E-state index in [4.69, 9.17) is 15.4 Å². The Morgan fingerprint density at radius 1 is 1.62 bits per heavy atom. The van der Waals surface area contributed by atoms with Crippen LogP contribution in [0, 0.1) is 12.8 Å². The van der Waals surface area contributed by atoms with E-state index >= 15 is 0 Å². The van der Waals surface area contributed by atoms with Gasteiger partial charge in [0.1, 0.15) is 5.54 Å². The number of hydrogen-bond donors (Lipinski definition) is 3. The van der Waals surface area contributed by atoms with Crippen molar-refractivity contribution in [2.45, 2.75) is 51.5 Å². The molecule has 1 fully saturated rings. The van der Waals surface area contributed by atoms with Gasteiger partial charge < -0.3 is 20.7 Å². The molecule has 7 nitrogen and oxygen atoms in total. The molecule has 0 spiro atoms. The monoisotopic (exact) mass is 294 g/mol. The van der Waals surface area contributed by atoms with Crippen LogP contribution in [0.15, 0.2) is 16.0 Å². The van der Waals surface area contributed by atoms with Gasteiger partial charge in [-0.05, 0) is 38.5 Å². The van der Waals surface area contributed by atoms with Crippen LogP contribution in [0.4, 0.5) is 0 Å². The van der Waals surface area contributed by atoms with Crippen LogP contribution in [0.1, 0.15) is 55.3 Å². The molecule has 0 unspecified atom stereocenters. The maximum atomic E-state index is 12.3. The van der Waals surface area contributed by atoms with Crippen molar-refractivity contribution in [2.24, 2.45) is 16.8 Å². The number of nitrogens with zero attached hydrogens (tertiary/aromatic N) is 2. The predicted molar refractivity (Wildman–Crippen MR) is 77.1 cm³/mol. The smallest absolute Gasteiger partial charge is 0.289 e. The molecule has 0 aliphatic heterocycles. The molecule has 0 saturated heterocycles. The lowest BCUT2D eigenvalue weighted by Crippen LogP contribution is -2.59. The minimum Gasteiger partial charge on any atom is -0.438 e. The summed E-state index contributed by atoms with van der Waals surface area (Å²) in [5, 5.41) is 15.1. The number of aryl methyl sites for hydroxylation is 1. The van der Waals surface area contributed by atoms with Gasteiger partial charge in [-0.1, -0.05) is 18.5 Å². The van der Waals surface area contributed by atoms with Crippen molar-refractivity contribution in [2.75, 3.05) is 0 Å². The van der Waals surface area contributed by atoms with Crippen LogP contribution >= 0.6 is 0 Å². The fraction of sp³-hybridized carbons (Fsp3) is 0.643. The fourth-order valence-corrected chi connectivity index (χ4v) is 2.91. The zero-order valence-electron chi connectivity index (χ0n) is 12.4. The summed E-state index contributed by atoms with van der Waals surface area (Å²) in [5.41, 5.74) is 5.56. The van der Waals surface area contributed by atoms with E-state index in [1.54, 1.807) is 6.92 Å². The van der Waals surface area contributed by atoms with Crippen LogP contribution in [0.3, 0.4) is 0 Å². The highest BCUT2D eigenvalue weighted by atomic mass is 16.4. The molecule has 0 aromatic carbocycles. The van der Waals surface area contributed by atoms with Gasteiger partial charge in [0.15, 0.2) is 12.2 Å². The Morgan fingerprint density at radius 2 is 2.29 bits per heavy atom. The molecular formula is C14H22N4O3. The van der Waals surface area contributed by atoms with Gasteiger partial charge in [-0.3, -0.25) is 4.79 Å². The lowest BCUT2D eigenvalue weighted by molar-refractivity contribution is 0.0865. The summed E-state index contributed by atoms with van der Waals surface area (Å²) in [7, 11) is 0. The summed E-state index contributed by atoms with van der Waals surface area (Å²) < 4.78 is 5.10. The minimum atomic E-state index is -0.809. The zero-order chi connectivity index (χ0) is 15.5. The molecule has 21 heavy (non-hydrogen) atoms. The molecule has 1 aromatic rings. The number of hydrogen-bond acceptors (Lipinski definition) is 5. The highest BCUT2D eigenvalue weighted by Crippen LogP contribution is 2.34. The first-order valence-electron chi connectivity index (χ1n) is 7.23. The number of carbonyl (C=O) groups is 1. The van der Waals surface area contributed by atoms with Crippen LogP contribution in [-0.4, -0.2) is 27.5 Å². The average molecular weight is 294 g/mol. The van der Waals surface area contributed by atoms with Crippen LogP contribution in [0.5, 0.6) is 0 Å². The van der Waals surface area contributed by atoms with Crippen molar-refractivity contribution >= 4 is 11.7 Å². The normalized spacial score (nSPS) is 26.6. The summed E-state index contributed by atoms with van der Waals surface area (Å²) in [4.78, 5) is 16.2. The van der Waals surface area contributed by atoms with Crippen LogP contribution < -0.4 is 11.1 Å². The van der Waals surface area contributed by atoms with E-state index in [1.165, 1.54) is 6.39 Å². The number of amidine groups is 1. The number of nitrogens with one attached hydrogen (secondary N) is 1. The zero-order valence-corrected chi connectivity index (χ0v) is 12.4. The van der Waals surface area contributed by atoms with Crippen LogP contribution in [0.2, 0.25) is 0 Å². The first kappa shape index (κ1) is 15.3. The third-order valence-corrected chi connectivity index (χ3v) is 4.44. The fourth-order valence-electron chi connectivity index (χ4n) is 2.91. The second-order valence-electron chi connectivity index (χ2n) is 5.64. The SMILES string of the molecule is CCC1CCC(NC(=O)c2ocnc2C)(C(N)=NO)CC1. The van der Waals surface area contributed by atoms with E-state index in [-0.39, 0.29) is 17.5 Å². The quantitative estimate of drug-likeness (QED) is 0.339. The van der Waals surface area contributed by atoms with Gasteiger partial charge in [-0.2, -0.15) is 0 Å². The van der Waals surface area contributed by atoms with E-state index in [9.17, 15) is 4.79 Å². The number of nitrogens with two attached hydrogens (primary N) is 1. The van der Waals surface area contributed by atoms with Crippen LogP contribution in [0.25, 0.3) is 0 Å². The lowest BCUT2D eigenvalue weighted by atomic mass is 9.75. The van der Waals surface area contributed by atoms with E-state index in [0.29, 0.717) is 24.5 Å². The summed E-state index contributed by atoms with van der Waals surface area (Å²) >= 11 is 0. The highest BCUT2D eigenvalue weighted by Gasteiger charge is 2.41. The first-order valence-corrected chi connectivity index (χ1v) is 7.23. The molecule has 0 bridgehead atoms. The summed E-state index contributed by atoms with van der Waals surface area (Å²) in [5.74, 6) is 0.445. The molecule has 4 N–H and O–H groups in total. The molecule has 1 aromatic heterocycles. The molecule has 1 amide bonds. The highest BCUT2D eigenvalue weighted by molar-refractivity contribution is 5.99. The van der Waals surface area contributed by atoms with Crippen molar-refractivity contribution in [3.05, 3.63) is 17.8 Å². The molecular weight excluding hydrogens is 272 g/mol. The second kappa shape index (κ2) is 6.15. The van der Waals surface area contributed by atoms with Gasteiger partial charge in [-0.25, -0.2) is 4.98 Å². The van der Waals surface area contributed by atoms with Crippen molar-refractivity contribution in [1.29, 1.82) is 0 Å². The van der Waals surface area contributed by atoms with Gasteiger partial charge in [-0.15, -0.1) is 0 Å². The van der Waals surface area contributed by atoms with E-state index in [1.807, 2.05) is 0 Å². The molecule has 1 aliphatic rings. The van der Waals surface area contributed by atoms with Gasteiger partial charge in [0.2, 0.25) is 5.76 Å². The number of amides is 1. The van der Waals surface area contributed by atoms with E-state index in [2.05, 4.69) is 22.4 Å². The molecule has 7 heteroatoms. The molecule has 1 aliphatic carbocycles. The Bertz CT molecular complexity index is 530. The third kappa shape index (κ3) is 3.01. The summed E-state index contributed by atoms with van der Waals surface area (Å²) in [6, 6.07) is 0. The van der Waals surface area contributed by atoms with Gasteiger partial charge in [0, 0.05) is 0 Å². The molecule has 1 saturated carbocycles. The Labute approximate surface area is 123 Å². The largest absolute Gasteiger partial charge is 0.438 e. The van der Waals surface area contributed by atoms with Crippen molar-refractivity contribution in [1.82, 2.24) is 10.3 Å². The molecule has 0 atom stereocenters. The number of oxazole rings is 1. The van der Waals surface area contributed by atoms with Gasteiger partial charge in [0.05, 0.1) is 5.69 Å². The number of oxime groups is 1. The minimum absolute atomic E-state index is 0.0440. The maximum Gasteiger partial charge on any atom is 0.289 e. The molecule has 1 heterocycles. The van der Waals surface area contributed by atoms with E-state index in [0.717, 1.165) is 19.3 Å². The van der Waals surface area contributed by atoms with E-state index < -0.39 is 5.54 Å². The number of carbonyl (C=O) groups excluding carboxylic acids is 1. The third-order valence-electron chi connectivity index (χ3n) is 4.44. The molecule has 2 rings (SSSR count). The van der Waals surface area contributed by atoms with Crippen molar-refractivity contribution in [3.8, 4) is 0 Å². The molecule has 0 radical (unpaired) electrons. The Kier molecular flexibility index (Phi) is 4.50. The summed E-state index contributed by atoms with van der Waals surface area (Å²) in [6.45, 7) is 3.85. The Morgan fingerprint density at radius 3 is 2.76 bits per heavy atom. The number of aromatic nitrogens is 1. The average Bonchev–Trinajstić information content (AvgIpc) is 2.93. The second-order valence-corrected chi connectivity index (χ2v) is 5.64. The first-order chi connectivity index (χ1) is 10.0. The number of rotatable bonds is 4. The standard InChI is InChI=1S/C14H22N4O3/c1-3-10-4-6-14(7-5-10,13(15)18-20)17-12(19)11-9(2)16-8-21-11/h8,10,20H,3-7H2,1-2H3,(H2,15,18)(H,17,19). The van der Waals surface area contributed by atoms with Crippen LogP contribution in [-0.2, 0) is 0 Å². The van der Waals surface area contributed by atoms with Crippen molar-refractivity contribution in [3.63, 3.8) is 0 Å². The Balaban J connectivity index is 2.18.